The van der Waals surface area contributed by atoms with E-state index in [0.717, 1.165) is 12.8 Å². The molecule has 0 amide bonds. The minimum Gasteiger partial charge on any atom is -0.384 e. The number of hydrogen-bond donors (Lipinski definition) is 1. The normalized spacial score (nSPS) is 33.9. The molecule has 0 aliphatic heterocycles. The van der Waals surface area contributed by atoms with E-state index in [1.807, 2.05) is 0 Å². The van der Waals surface area contributed by atoms with Crippen LogP contribution in [0, 0.1) is 11.8 Å². The van der Waals surface area contributed by atoms with E-state index in [0.29, 0.717) is 36.0 Å². The Morgan fingerprint density at radius 3 is 2.80 bits per heavy atom. The lowest BCUT2D eigenvalue weighted by molar-refractivity contribution is 0.217. The van der Waals surface area contributed by atoms with Crippen molar-refractivity contribution in [2.45, 2.75) is 31.4 Å². The first kappa shape index (κ1) is 13.1. The van der Waals surface area contributed by atoms with Crippen LogP contribution < -0.4 is 5.73 Å². The van der Waals surface area contributed by atoms with Crippen molar-refractivity contribution in [1.29, 1.82) is 0 Å². The van der Waals surface area contributed by atoms with Crippen LogP contribution in [0.5, 0.6) is 0 Å². The van der Waals surface area contributed by atoms with Crippen LogP contribution in [0.4, 0.5) is 0 Å². The minimum absolute atomic E-state index is 0.300. The second kappa shape index (κ2) is 6.61. The highest BCUT2D eigenvalue weighted by atomic mass is 32.2. The van der Waals surface area contributed by atoms with Gasteiger partial charge in [0.05, 0.1) is 6.61 Å². The van der Waals surface area contributed by atoms with Crippen molar-refractivity contribution in [3.05, 3.63) is 0 Å². The van der Waals surface area contributed by atoms with Gasteiger partial charge in [-0.2, -0.15) is 0 Å². The SMILES string of the molecule is COCCS(=O)C1CC(C)CCC1CN. The van der Waals surface area contributed by atoms with Gasteiger partial charge in [0.2, 0.25) is 0 Å². The molecule has 0 heterocycles. The summed E-state index contributed by atoms with van der Waals surface area (Å²) >= 11 is 0. The van der Waals surface area contributed by atoms with Crippen molar-refractivity contribution >= 4 is 10.8 Å². The van der Waals surface area contributed by atoms with Crippen LogP contribution in [0.25, 0.3) is 0 Å². The van der Waals surface area contributed by atoms with E-state index in [1.165, 1.54) is 6.42 Å². The van der Waals surface area contributed by atoms with Gasteiger partial charge in [-0.1, -0.05) is 13.3 Å². The fourth-order valence-electron chi connectivity index (χ4n) is 2.30. The van der Waals surface area contributed by atoms with Crippen molar-refractivity contribution < 1.29 is 8.95 Å². The first-order chi connectivity index (χ1) is 7.19. The lowest BCUT2D eigenvalue weighted by Gasteiger charge is -2.33. The van der Waals surface area contributed by atoms with Crippen molar-refractivity contribution in [2.75, 3.05) is 26.0 Å². The van der Waals surface area contributed by atoms with E-state index in [4.69, 9.17) is 10.5 Å². The fourth-order valence-corrected chi connectivity index (χ4v) is 4.15. The molecule has 1 rings (SSSR count). The molecule has 4 atom stereocenters. The zero-order valence-electron chi connectivity index (χ0n) is 9.78. The molecule has 0 radical (unpaired) electrons. The first-order valence-corrected chi connectivity index (χ1v) is 7.13. The Bertz CT molecular complexity index is 211. The third-order valence-electron chi connectivity index (χ3n) is 3.32. The molecule has 1 aliphatic rings. The highest BCUT2D eigenvalue weighted by Crippen LogP contribution is 2.31. The van der Waals surface area contributed by atoms with E-state index >= 15 is 0 Å². The molecule has 4 heteroatoms. The van der Waals surface area contributed by atoms with Gasteiger partial charge >= 0.3 is 0 Å². The van der Waals surface area contributed by atoms with Crippen LogP contribution in [0.15, 0.2) is 0 Å². The molecule has 1 fully saturated rings. The monoisotopic (exact) mass is 233 g/mol. The molecule has 3 nitrogen and oxygen atoms in total. The van der Waals surface area contributed by atoms with Crippen molar-refractivity contribution in [3.8, 4) is 0 Å². The van der Waals surface area contributed by atoms with Crippen LogP contribution in [0.1, 0.15) is 26.2 Å². The smallest absolute Gasteiger partial charge is 0.0577 e. The van der Waals surface area contributed by atoms with Crippen molar-refractivity contribution in [1.82, 2.24) is 0 Å². The lowest BCUT2D eigenvalue weighted by atomic mass is 9.82. The zero-order valence-corrected chi connectivity index (χ0v) is 10.6. The topological polar surface area (TPSA) is 52.3 Å². The van der Waals surface area contributed by atoms with Gasteiger partial charge in [-0.3, -0.25) is 4.21 Å². The van der Waals surface area contributed by atoms with Gasteiger partial charge in [0.1, 0.15) is 0 Å². The zero-order chi connectivity index (χ0) is 11.3. The van der Waals surface area contributed by atoms with Crippen LogP contribution >= 0.6 is 0 Å². The number of methoxy groups -OCH3 is 1. The number of nitrogens with two attached hydrogens (primary N) is 1. The van der Waals surface area contributed by atoms with Crippen molar-refractivity contribution in [3.63, 3.8) is 0 Å². The largest absolute Gasteiger partial charge is 0.384 e. The first-order valence-electron chi connectivity index (χ1n) is 5.75. The Balaban J connectivity index is 2.50. The standard InChI is InChI=1S/C11H23NO2S/c1-9-3-4-10(8-12)11(7-9)15(13)6-5-14-2/h9-11H,3-8,12H2,1-2H3. The molecule has 0 aromatic rings. The number of ether oxygens (including phenoxy) is 1. The Labute approximate surface area is 95.2 Å². The van der Waals surface area contributed by atoms with Crippen LogP contribution in [-0.2, 0) is 15.5 Å². The quantitative estimate of drug-likeness (QED) is 0.775. The summed E-state index contributed by atoms with van der Waals surface area (Å²) in [5, 5.41) is 0.300. The Morgan fingerprint density at radius 1 is 1.47 bits per heavy atom. The third-order valence-corrected chi connectivity index (χ3v) is 5.14. The Kier molecular flexibility index (Phi) is 5.79. The van der Waals surface area contributed by atoms with Gasteiger partial charge < -0.3 is 10.5 Å². The van der Waals surface area contributed by atoms with Gasteiger partial charge in [0, 0.05) is 28.9 Å². The molecule has 0 bridgehead atoms. The van der Waals surface area contributed by atoms with Gasteiger partial charge in [-0.25, -0.2) is 0 Å². The summed E-state index contributed by atoms with van der Waals surface area (Å²) in [7, 11) is 0.892. The Morgan fingerprint density at radius 2 is 2.20 bits per heavy atom. The highest BCUT2D eigenvalue weighted by Gasteiger charge is 2.31. The maximum absolute atomic E-state index is 12.0. The molecule has 1 aliphatic carbocycles. The molecule has 0 aromatic heterocycles. The van der Waals surface area contributed by atoms with Crippen LogP contribution in [0.3, 0.4) is 0 Å². The average molecular weight is 233 g/mol. The molecule has 0 saturated heterocycles. The molecule has 90 valence electrons. The molecule has 0 aromatic carbocycles. The maximum Gasteiger partial charge on any atom is 0.0577 e. The van der Waals surface area contributed by atoms with Gasteiger partial charge in [0.25, 0.3) is 0 Å². The number of rotatable bonds is 5. The summed E-state index contributed by atoms with van der Waals surface area (Å²) in [5.74, 6) is 1.81. The second-order valence-electron chi connectivity index (χ2n) is 4.53. The van der Waals surface area contributed by atoms with Gasteiger partial charge in [0.15, 0.2) is 0 Å². The van der Waals surface area contributed by atoms with Gasteiger partial charge in [-0.05, 0) is 31.2 Å². The minimum atomic E-state index is -0.762. The predicted octanol–water partition coefficient (Wildman–Crippen LogP) is 1.14. The molecule has 15 heavy (non-hydrogen) atoms. The summed E-state index contributed by atoms with van der Waals surface area (Å²) in [4.78, 5) is 0. The van der Waals surface area contributed by atoms with E-state index in [-0.39, 0.29) is 0 Å². The molecule has 0 spiro atoms. The molecule has 1 saturated carbocycles. The summed E-state index contributed by atoms with van der Waals surface area (Å²) < 4.78 is 17.0. The highest BCUT2D eigenvalue weighted by molar-refractivity contribution is 7.85. The molecule has 2 N–H and O–H groups in total. The Hall–Kier alpha value is 0.0700. The van der Waals surface area contributed by atoms with E-state index in [2.05, 4.69) is 6.92 Å². The predicted molar refractivity (Wildman–Crippen MR) is 64.2 cm³/mol. The average Bonchev–Trinajstić information content (AvgIpc) is 2.25. The van der Waals surface area contributed by atoms with Crippen LogP contribution in [0.2, 0.25) is 0 Å². The summed E-state index contributed by atoms with van der Waals surface area (Å²) in [6.45, 7) is 3.51. The third kappa shape index (κ3) is 3.85. The van der Waals surface area contributed by atoms with E-state index in [9.17, 15) is 4.21 Å². The van der Waals surface area contributed by atoms with Gasteiger partial charge in [-0.15, -0.1) is 0 Å². The summed E-state index contributed by atoms with van der Waals surface area (Å²) in [6.07, 6.45) is 3.44. The number of hydrogen-bond acceptors (Lipinski definition) is 3. The van der Waals surface area contributed by atoms with Crippen LogP contribution in [-0.4, -0.2) is 35.5 Å². The van der Waals surface area contributed by atoms with E-state index in [1.54, 1.807) is 7.11 Å². The second-order valence-corrected chi connectivity index (χ2v) is 6.31. The van der Waals surface area contributed by atoms with Crippen molar-refractivity contribution in [2.24, 2.45) is 17.6 Å². The molecular weight excluding hydrogens is 210 g/mol. The molecule has 4 unspecified atom stereocenters. The fraction of sp³-hybridized carbons (Fsp3) is 1.00. The maximum atomic E-state index is 12.0. The molecular formula is C11H23NO2S. The lowest BCUT2D eigenvalue weighted by Crippen LogP contribution is -2.38. The summed E-state index contributed by atoms with van der Waals surface area (Å²) in [5.41, 5.74) is 5.74. The van der Waals surface area contributed by atoms with E-state index < -0.39 is 10.8 Å². The summed E-state index contributed by atoms with van der Waals surface area (Å²) in [6, 6.07) is 0.